The predicted octanol–water partition coefficient (Wildman–Crippen LogP) is 2.73. The van der Waals surface area contributed by atoms with Crippen LogP contribution in [0.3, 0.4) is 0 Å². The van der Waals surface area contributed by atoms with Gasteiger partial charge in [0, 0.05) is 12.8 Å². The van der Waals surface area contributed by atoms with E-state index in [-0.39, 0.29) is 18.7 Å². The van der Waals surface area contributed by atoms with Crippen LogP contribution in [0.2, 0.25) is 0 Å². The molecule has 6 heteroatoms. The van der Waals surface area contributed by atoms with E-state index in [2.05, 4.69) is 15.6 Å². The van der Waals surface area contributed by atoms with Crippen LogP contribution in [0.5, 0.6) is 5.88 Å². The summed E-state index contributed by atoms with van der Waals surface area (Å²) in [6.45, 7) is 0.0864. The number of amides is 2. The Hall–Kier alpha value is -2.60. The highest BCUT2D eigenvalue weighted by Crippen LogP contribution is 2.21. The van der Waals surface area contributed by atoms with Gasteiger partial charge in [0.05, 0.1) is 13.2 Å². The fourth-order valence-electron chi connectivity index (χ4n) is 2.27. The fourth-order valence-corrected chi connectivity index (χ4v) is 2.27. The third-order valence-corrected chi connectivity index (χ3v) is 3.37. The van der Waals surface area contributed by atoms with Crippen molar-refractivity contribution in [1.82, 2.24) is 10.3 Å². The second kappa shape index (κ2) is 8.75. The molecular weight excluding hydrogens is 294 g/mol. The number of methoxy groups -OCH3 is 1. The minimum atomic E-state index is -0.344. The molecule has 0 saturated carbocycles. The normalized spacial score (nSPS) is 11.6. The summed E-state index contributed by atoms with van der Waals surface area (Å²) in [4.78, 5) is 16.3. The van der Waals surface area contributed by atoms with Gasteiger partial charge in [0.1, 0.15) is 5.69 Å². The molecule has 2 rings (SSSR count). The molecular formula is C17H21N3O3. The van der Waals surface area contributed by atoms with E-state index in [0.717, 1.165) is 5.56 Å². The standard InChI is InChI=1S/C17H21N3O3/c1-23-16-15(9-5-11-18-16)20-17(22)19-14(10-6-12-21)13-7-3-2-4-8-13/h2-5,7-9,11,14,21H,6,10,12H2,1H3,(H2,19,20,22)/t14-/m0/s1. The Labute approximate surface area is 135 Å². The number of nitrogens with zero attached hydrogens (tertiary/aromatic N) is 1. The van der Waals surface area contributed by atoms with E-state index in [9.17, 15) is 4.79 Å². The minimum absolute atomic E-state index is 0.0864. The molecule has 1 atom stereocenters. The van der Waals surface area contributed by atoms with E-state index >= 15 is 0 Å². The van der Waals surface area contributed by atoms with Crippen molar-refractivity contribution in [2.75, 3.05) is 19.0 Å². The van der Waals surface area contributed by atoms with Crippen molar-refractivity contribution < 1.29 is 14.6 Å². The van der Waals surface area contributed by atoms with Crippen LogP contribution in [0.25, 0.3) is 0 Å². The van der Waals surface area contributed by atoms with Gasteiger partial charge < -0.3 is 20.5 Å². The van der Waals surface area contributed by atoms with E-state index in [4.69, 9.17) is 9.84 Å². The van der Waals surface area contributed by atoms with Gasteiger partial charge in [-0.3, -0.25) is 0 Å². The van der Waals surface area contributed by atoms with E-state index < -0.39 is 0 Å². The molecule has 0 spiro atoms. The lowest BCUT2D eigenvalue weighted by molar-refractivity contribution is 0.243. The van der Waals surface area contributed by atoms with Crippen LogP contribution in [0.4, 0.5) is 10.5 Å². The molecule has 0 saturated heterocycles. The summed E-state index contributed by atoms with van der Waals surface area (Å²) >= 11 is 0. The van der Waals surface area contributed by atoms with Crippen molar-refractivity contribution >= 4 is 11.7 Å². The molecule has 6 nitrogen and oxygen atoms in total. The molecule has 0 bridgehead atoms. The third kappa shape index (κ3) is 4.96. The van der Waals surface area contributed by atoms with Gasteiger partial charge in [0.15, 0.2) is 0 Å². The average molecular weight is 315 g/mol. The number of aromatic nitrogens is 1. The van der Waals surface area contributed by atoms with Gasteiger partial charge in [-0.15, -0.1) is 0 Å². The second-order valence-electron chi connectivity index (χ2n) is 4.99. The van der Waals surface area contributed by atoms with E-state index in [0.29, 0.717) is 24.4 Å². The minimum Gasteiger partial charge on any atom is -0.480 e. The van der Waals surface area contributed by atoms with Crippen molar-refractivity contribution in [1.29, 1.82) is 0 Å². The van der Waals surface area contributed by atoms with Gasteiger partial charge in [-0.1, -0.05) is 30.3 Å². The summed E-state index contributed by atoms with van der Waals surface area (Å²) < 4.78 is 5.11. The zero-order chi connectivity index (χ0) is 16.5. The van der Waals surface area contributed by atoms with Gasteiger partial charge >= 0.3 is 6.03 Å². The fraction of sp³-hybridized carbons (Fsp3) is 0.294. The van der Waals surface area contributed by atoms with E-state index in [1.807, 2.05) is 30.3 Å². The van der Waals surface area contributed by atoms with Crippen LogP contribution in [0, 0.1) is 0 Å². The maximum absolute atomic E-state index is 12.3. The van der Waals surface area contributed by atoms with Crippen molar-refractivity contribution in [3.8, 4) is 5.88 Å². The highest BCUT2D eigenvalue weighted by atomic mass is 16.5. The molecule has 1 aromatic carbocycles. The van der Waals surface area contributed by atoms with E-state index in [1.165, 1.54) is 7.11 Å². The number of hydrogen-bond donors (Lipinski definition) is 3. The summed E-state index contributed by atoms with van der Waals surface area (Å²) in [5.41, 5.74) is 1.50. The van der Waals surface area contributed by atoms with Gasteiger partial charge in [0.2, 0.25) is 5.88 Å². The average Bonchev–Trinajstić information content (AvgIpc) is 2.59. The molecule has 3 N–H and O–H groups in total. The molecule has 23 heavy (non-hydrogen) atoms. The van der Waals surface area contributed by atoms with Crippen LogP contribution >= 0.6 is 0 Å². The quantitative estimate of drug-likeness (QED) is 0.733. The largest absolute Gasteiger partial charge is 0.480 e. The highest BCUT2D eigenvalue weighted by Gasteiger charge is 2.15. The monoisotopic (exact) mass is 315 g/mol. The molecule has 0 radical (unpaired) electrons. The summed E-state index contributed by atoms with van der Waals surface area (Å²) in [5.74, 6) is 0.356. The third-order valence-electron chi connectivity index (χ3n) is 3.37. The Bertz CT molecular complexity index is 619. The molecule has 1 aromatic heterocycles. The Kier molecular flexibility index (Phi) is 6.38. The lowest BCUT2D eigenvalue weighted by atomic mass is 10.0. The SMILES string of the molecule is COc1ncccc1NC(=O)N[C@@H](CCCO)c1ccccc1. The number of benzene rings is 1. The van der Waals surface area contributed by atoms with Crippen molar-refractivity contribution in [2.45, 2.75) is 18.9 Å². The van der Waals surface area contributed by atoms with Gasteiger partial charge in [-0.05, 0) is 30.5 Å². The topological polar surface area (TPSA) is 83.5 Å². The number of aliphatic hydroxyl groups excluding tert-OH is 1. The number of nitrogens with one attached hydrogen (secondary N) is 2. The lowest BCUT2D eigenvalue weighted by Gasteiger charge is -2.19. The first-order chi connectivity index (χ1) is 11.2. The Morgan fingerprint density at radius 2 is 2.04 bits per heavy atom. The molecule has 0 aliphatic carbocycles. The van der Waals surface area contributed by atoms with Crippen LogP contribution in [-0.4, -0.2) is 29.8 Å². The zero-order valence-electron chi connectivity index (χ0n) is 13.0. The molecule has 122 valence electrons. The van der Waals surface area contributed by atoms with Gasteiger partial charge in [-0.2, -0.15) is 0 Å². The maximum atomic E-state index is 12.3. The predicted molar refractivity (Wildman–Crippen MR) is 88.4 cm³/mol. The summed E-state index contributed by atoms with van der Waals surface area (Å²) in [6, 6.07) is 12.6. The lowest BCUT2D eigenvalue weighted by Crippen LogP contribution is -2.33. The summed E-state index contributed by atoms with van der Waals surface area (Å²) in [5, 5.41) is 14.7. The van der Waals surface area contributed by atoms with Crippen LogP contribution in [-0.2, 0) is 0 Å². The first-order valence-electron chi connectivity index (χ1n) is 7.47. The first kappa shape index (κ1) is 16.8. The van der Waals surface area contributed by atoms with E-state index in [1.54, 1.807) is 18.3 Å². The number of rotatable bonds is 7. The van der Waals surface area contributed by atoms with Crippen LogP contribution < -0.4 is 15.4 Å². The number of anilines is 1. The first-order valence-corrected chi connectivity index (χ1v) is 7.47. The molecule has 1 heterocycles. The Balaban J connectivity index is 2.05. The van der Waals surface area contributed by atoms with Gasteiger partial charge in [-0.25, -0.2) is 9.78 Å². The van der Waals surface area contributed by atoms with Gasteiger partial charge in [0.25, 0.3) is 0 Å². The molecule has 0 fully saturated rings. The number of carbonyl (C=O) groups is 1. The summed E-state index contributed by atoms with van der Waals surface area (Å²) in [6.07, 6.45) is 2.85. The highest BCUT2D eigenvalue weighted by molar-refractivity contribution is 5.90. The molecule has 2 aromatic rings. The number of aliphatic hydroxyl groups is 1. The molecule has 0 aliphatic heterocycles. The van der Waals surface area contributed by atoms with Crippen LogP contribution in [0.1, 0.15) is 24.4 Å². The molecule has 0 aliphatic rings. The number of ether oxygens (including phenoxy) is 1. The smallest absolute Gasteiger partial charge is 0.319 e. The maximum Gasteiger partial charge on any atom is 0.319 e. The summed E-state index contributed by atoms with van der Waals surface area (Å²) in [7, 11) is 1.50. The zero-order valence-corrected chi connectivity index (χ0v) is 13.0. The molecule has 0 unspecified atom stereocenters. The van der Waals surface area contributed by atoms with Crippen molar-refractivity contribution in [2.24, 2.45) is 0 Å². The number of carbonyl (C=O) groups excluding carboxylic acids is 1. The number of urea groups is 1. The number of hydrogen-bond acceptors (Lipinski definition) is 4. The van der Waals surface area contributed by atoms with Crippen LogP contribution in [0.15, 0.2) is 48.7 Å². The molecule has 2 amide bonds. The van der Waals surface area contributed by atoms with Crippen molar-refractivity contribution in [3.05, 3.63) is 54.2 Å². The Morgan fingerprint density at radius 3 is 2.74 bits per heavy atom. The Morgan fingerprint density at radius 1 is 1.26 bits per heavy atom. The van der Waals surface area contributed by atoms with Crippen molar-refractivity contribution in [3.63, 3.8) is 0 Å². The number of pyridine rings is 1. The second-order valence-corrected chi connectivity index (χ2v) is 4.99.